The van der Waals surface area contributed by atoms with Gasteiger partial charge in [0.25, 0.3) is 0 Å². The quantitative estimate of drug-likeness (QED) is 0.784. The molecule has 4 rings (SSSR count). The Hall–Kier alpha value is -2.57. The van der Waals surface area contributed by atoms with Gasteiger partial charge >= 0.3 is 5.97 Å². The standard InChI is InChI=1S/C22H24ClN3O3/c1-3-22(2,21(27)28)19-13-26(11-10-24-19)20-15-12-14(23)8-9-17(15)29-18-7-5-4-6-16(18)25-20/h4-9,12,19,24H,3,10-11,13H2,1-2H3,(H,27,28)/t19?,22-/m1/s1. The third kappa shape index (κ3) is 3.58. The average Bonchev–Trinajstić information content (AvgIpc) is 2.89. The number of hydrogen-bond donors (Lipinski definition) is 2. The molecule has 0 bridgehead atoms. The van der Waals surface area contributed by atoms with E-state index in [1.54, 1.807) is 13.0 Å². The number of nitrogens with one attached hydrogen (secondary N) is 1. The highest BCUT2D eigenvalue weighted by Gasteiger charge is 2.42. The van der Waals surface area contributed by atoms with Crippen molar-refractivity contribution in [2.45, 2.75) is 26.3 Å². The molecule has 2 aromatic carbocycles. The van der Waals surface area contributed by atoms with Crippen LogP contribution in [0.5, 0.6) is 11.5 Å². The van der Waals surface area contributed by atoms with E-state index in [4.69, 9.17) is 21.3 Å². The largest absolute Gasteiger partial charge is 0.481 e. The van der Waals surface area contributed by atoms with Gasteiger partial charge in [0, 0.05) is 30.7 Å². The molecule has 0 saturated carbocycles. The molecule has 2 aliphatic rings. The molecule has 0 aliphatic carbocycles. The number of nitrogens with zero attached hydrogens (tertiary/aromatic N) is 2. The molecule has 1 saturated heterocycles. The maximum Gasteiger partial charge on any atom is 0.310 e. The van der Waals surface area contributed by atoms with Gasteiger partial charge < -0.3 is 20.1 Å². The Morgan fingerprint density at radius 1 is 1.34 bits per heavy atom. The van der Waals surface area contributed by atoms with Crippen LogP contribution in [0.25, 0.3) is 0 Å². The summed E-state index contributed by atoms with van der Waals surface area (Å²) in [5, 5.41) is 13.8. The third-order valence-electron chi connectivity index (χ3n) is 5.96. The predicted octanol–water partition coefficient (Wildman–Crippen LogP) is 4.30. The van der Waals surface area contributed by atoms with Gasteiger partial charge in [-0.1, -0.05) is 30.7 Å². The van der Waals surface area contributed by atoms with Crippen molar-refractivity contribution in [3.05, 3.63) is 53.1 Å². The zero-order chi connectivity index (χ0) is 20.6. The number of hydrogen-bond acceptors (Lipinski definition) is 5. The van der Waals surface area contributed by atoms with Crippen molar-refractivity contribution < 1.29 is 14.6 Å². The number of carbonyl (C=O) groups is 1. The second kappa shape index (κ2) is 7.69. The number of para-hydroxylation sites is 2. The summed E-state index contributed by atoms with van der Waals surface area (Å²) >= 11 is 6.29. The summed E-state index contributed by atoms with van der Waals surface area (Å²) in [5.74, 6) is 1.33. The average molecular weight is 414 g/mol. The molecular formula is C22H24ClN3O3. The summed E-state index contributed by atoms with van der Waals surface area (Å²) < 4.78 is 6.12. The summed E-state index contributed by atoms with van der Waals surface area (Å²) in [4.78, 5) is 19.0. The van der Waals surface area contributed by atoms with Gasteiger partial charge in [0.05, 0.1) is 11.0 Å². The second-order valence-corrected chi connectivity index (χ2v) is 8.11. The van der Waals surface area contributed by atoms with Crippen molar-refractivity contribution in [2.75, 3.05) is 19.6 Å². The van der Waals surface area contributed by atoms with E-state index in [0.717, 1.165) is 17.1 Å². The lowest BCUT2D eigenvalue weighted by Gasteiger charge is -2.42. The topological polar surface area (TPSA) is 74.2 Å². The highest BCUT2D eigenvalue weighted by atomic mass is 35.5. The minimum Gasteiger partial charge on any atom is -0.481 e. The van der Waals surface area contributed by atoms with Crippen LogP contribution in [0.15, 0.2) is 47.5 Å². The van der Waals surface area contributed by atoms with Gasteiger partial charge in [0.1, 0.15) is 17.3 Å². The molecule has 29 heavy (non-hydrogen) atoms. The molecule has 1 unspecified atom stereocenters. The van der Waals surface area contributed by atoms with Crippen LogP contribution in [0.1, 0.15) is 25.8 Å². The summed E-state index contributed by atoms with van der Waals surface area (Å²) in [6, 6.07) is 12.9. The van der Waals surface area contributed by atoms with Gasteiger partial charge in [-0.15, -0.1) is 0 Å². The highest BCUT2D eigenvalue weighted by Crippen LogP contribution is 2.39. The molecule has 2 atom stereocenters. The Morgan fingerprint density at radius 2 is 2.14 bits per heavy atom. The van der Waals surface area contributed by atoms with E-state index in [0.29, 0.717) is 42.6 Å². The molecule has 2 N–H and O–H groups in total. The van der Waals surface area contributed by atoms with Gasteiger partial charge in [0.2, 0.25) is 0 Å². The first kappa shape index (κ1) is 19.7. The van der Waals surface area contributed by atoms with Crippen LogP contribution in [-0.4, -0.2) is 47.5 Å². The second-order valence-electron chi connectivity index (χ2n) is 7.67. The fourth-order valence-corrected chi connectivity index (χ4v) is 4.02. The van der Waals surface area contributed by atoms with Crippen molar-refractivity contribution >= 4 is 29.1 Å². The maximum absolute atomic E-state index is 12.0. The Labute approximate surface area is 175 Å². The van der Waals surface area contributed by atoms with E-state index >= 15 is 0 Å². The molecule has 0 amide bonds. The number of amidine groups is 1. The van der Waals surface area contributed by atoms with Gasteiger partial charge in [-0.3, -0.25) is 4.79 Å². The van der Waals surface area contributed by atoms with Gasteiger partial charge in [-0.2, -0.15) is 0 Å². The lowest BCUT2D eigenvalue weighted by molar-refractivity contribution is -0.150. The van der Waals surface area contributed by atoms with E-state index in [1.807, 2.05) is 43.3 Å². The molecule has 0 radical (unpaired) electrons. The summed E-state index contributed by atoms with van der Waals surface area (Å²) in [6.45, 7) is 5.63. The van der Waals surface area contributed by atoms with Crippen molar-refractivity contribution in [2.24, 2.45) is 10.4 Å². The van der Waals surface area contributed by atoms with Crippen LogP contribution in [-0.2, 0) is 4.79 Å². The fourth-order valence-electron chi connectivity index (χ4n) is 3.85. The first-order valence-electron chi connectivity index (χ1n) is 9.79. The van der Waals surface area contributed by atoms with E-state index < -0.39 is 11.4 Å². The zero-order valence-corrected chi connectivity index (χ0v) is 17.2. The SMILES string of the molecule is CC[C@@](C)(C(=O)O)C1CN(C2=Nc3ccccc3Oc3ccc(Cl)cc32)CCN1. The molecule has 2 aliphatic heterocycles. The van der Waals surface area contributed by atoms with E-state index in [-0.39, 0.29) is 6.04 Å². The number of benzene rings is 2. The van der Waals surface area contributed by atoms with Gasteiger partial charge in [-0.25, -0.2) is 4.99 Å². The Balaban J connectivity index is 1.77. The number of carboxylic acid groups (broad SMARTS) is 1. The van der Waals surface area contributed by atoms with E-state index in [9.17, 15) is 9.90 Å². The van der Waals surface area contributed by atoms with Crippen molar-refractivity contribution in [1.29, 1.82) is 0 Å². The number of aliphatic carboxylic acids is 1. The summed E-state index contributed by atoms with van der Waals surface area (Å²) in [5.41, 5.74) is 0.680. The summed E-state index contributed by atoms with van der Waals surface area (Å²) in [7, 11) is 0. The van der Waals surface area contributed by atoms with Crippen molar-refractivity contribution in [3.63, 3.8) is 0 Å². The van der Waals surface area contributed by atoms with Crippen LogP contribution < -0.4 is 10.1 Å². The van der Waals surface area contributed by atoms with Crippen LogP contribution in [0.3, 0.4) is 0 Å². The number of fused-ring (bicyclic) bond motifs is 2. The monoisotopic (exact) mass is 413 g/mol. The van der Waals surface area contributed by atoms with Crippen molar-refractivity contribution in [1.82, 2.24) is 10.2 Å². The number of piperazine rings is 1. The lowest BCUT2D eigenvalue weighted by Crippen LogP contribution is -2.60. The predicted molar refractivity (Wildman–Crippen MR) is 114 cm³/mol. The molecule has 1 fully saturated rings. The molecule has 6 nitrogen and oxygen atoms in total. The first-order valence-corrected chi connectivity index (χ1v) is 10.2. The molecule has 2 aromatic rings. The third-order valence-corrected chi connectivity index (χ3v) is 6.20. The maximum atomic E-state index is 12.0. The zero-order valence-electron chi connectivity index (χ0n) is 16.5. The first-order chi connectivity index (χ1) is 13.9. The number of carboxylic acids is 1. The van der Waals surface area contributed by atoms with Gasteiger partial charge in [0.15, 0.2) is 5.75 Å². The smallest absolute Gasteiger partial charge is 0.310 e. The number of rotatable bonds is 3. The minimum absolute atomic E-state index is 0.205. The lowest BCUT2D eigenvalue weighted by atomic mass is 9.78. The molecule has 152 valence electrons. The number of aliphatic imine (C=N–C) groups is 1. The Bertz CT molecular complexity index is 978. The van der Waals surface area contributed by atoms with Crippen LogP contribution in [0.4, 0.5) is 5.69 Å². The minimum atomic E-state index is -0.866. The van der Waals surface area contributed by atoms with Crippen LogP contribution in [0, 0.1) is 5.41 Å². The number of ether oxygens (including phenoxy) is 1. The molecular weight excluding hydrogens is 390 g/mol. The van der Waals surface area contributed by atoms with Crippen LogP contribution >= 0.6 is 11.6 Å². The van der Waals surface area contributed by atoms with E-state index in [2.05, 4.69) is 10.2 Å². The van der Waals surface area contributed by atoms with Gasteiger partial charge in [-0.05, 0) is 43.7 Å². The molecule has 7 heteroatoms. The normalized spacial score (nSPS) is 20.4. The Morgan fingerprint density at radius 3 is 2.90 bits per heavy atom. The summed E-state index contributed by atoms with van der Waals surface area (Å²) in [6.07, 6.45) is 0.536. The molecule has 0 spiro atoms. The molecule has 2 heterocycles. The van der Waals surface area contributed by atoms with Crippen molar-refractivity contribution in [3.8, 4) is 11.5 Å². The highest BCUT2D eigenvalue weighted by molar-refractivity contribution is 6.31. The number of halogens is 1. The van der Waals surface area contributed by atoms with Crippen LogP contribution in [0.2, 0.25) is 5.02 Å². The Kier molecular flexibility index (Phi) is 5.23. The van der Waals surface area contributed by atoms with E-state index in [1.165, 1.54) is 0 Å². The fraction of sp³-hybridized carbons (Fsp3) is 0.364. The molecule has 0 aromatic heterocycles.